The molecule has 1 saturated carbocycles. The minimum absolute atomic E-state index is 0.00180. The first-order valence-electron chi connectivity index (χ1n) is 6.52. The molecule has 102 valence electrons. The maximum Gasteiger partial charge on any atom is 0.251 e. The van der Waals surface area contributed by atoms with Crippen molar-refractivity contribution in [1.29, 1.82) is 0 Å². The fourth-order valence-corrected chi connectivity index (χ4v) is 2.95. The Balaban J connectivity index is 1.74. The van der Waals surface area contributed by atoms with Gasteiger partial charge in [0.25, 0.3) is 5.79 Å². The van der Waals surface area contributed by atoms with Gasteiger partial charge in [-0.25, -0.2) is 0 Å². The fourth-order valence-electron chi connectivity index (χ4n) is 2.62. The molecule has 4 nitrogen and oxygen atoms in total. The van der Waals surface area contributed by atoms with E-state index in [1.807, 2.05) is 24.5 Å². The molecule has 0 aromatic heterocycles. The summed E-state index contributed by atoms with van der Waals surface area (Å²) in [5, 5.41) is 2.86. The molecule has 1 heterocycles. The summed E-state index contributed by atoms with van der Waals surface area (Å²) in [6.07, 6.45) is 6.07. The number of hydrogen-bond acceptors (Lipinski definition) is 4. The summed E-state index contributed by atoms with van der Waals surface area (Å²) in [7, 11) is 0. The SMILES string of the molecule is CSCC(=O)Nc1ccc2c(c1)OC1(CCCC1)O2. The van der Waals surface area contributed by atoms with Crippen LogP contribution in [0.2, 0.25) is 0 Å². The van der Waals surface area contributed by atoms with Crippen LogP contribution in [0.1, 0.15) is 25.7 Å². The Bertz CT molecular complexity index is 497. The van der Waals surface area contributed by atoms with E-state index in [4.69, 9.17) is 9.47 Å². The van der Waals surface area contributed by atoms with Gasteiger partial charge in [-0.1, -0.05) is 0 Å². The molecule has 5 heteroatoms. The van der Waals surface area contributed by atoms with E-state index in [-0.39, 0.29) is 5.91 Å². The predicted octanol–water partition coefficient (Wildman–Crippen LogP) is 3.03. The minimum atomic E-state index is -0.440. The number of amides is 1. The van der Waals surface area contributed by atoms with Gasteiger partial charge in [-0.3, -0.25) is 4.79 Å². The number of ether oxygens (including phenoxy) is 2. The molecule has 0 bridgehead atoms. The van der Waals surface area contributed by atoms with Crippen LogP contribution in [0.4, 0.5) is 5.69 Å². The Morgan fingerprint density at radius 1 is 1.32 bits per heavy atom. The molecule has 0 unspecified atom stereocenters. The van der Waals surface area contributed by atoms with E-state index in [0.29, 0.717) is 5.75 Å². The smallest absolute Gasteiger partial charge is 0.251 e. The maximum absolute atomic E-state index is 11.6. The highest BCUT2D eigenvalue weighted by molar-refractivity contribution is 7.99. The van der Waals surface area contributed by atoms with E-state index in [1.54, 1.807) is 0 Å². The van der Waals surface area contributed by atoms with Gasteiger partial charge in [0.1, 0.15) is 0 Å². The first kappa shape index (κ1) is 12.7. The average molecular weight is 279 g/mol. The number of anilines is 1. The van der Waals surface area contributed by atoms with Crippen molar-refractivity contribution in [3.05, 3.63) is 18.2 Å². The van der Waals surface area contributed by atoms with Crippen molar-refractivity contribution in [2.75, 3.05) is 17.3 Å². The molecule has 2 aliphatic rings. The molecule has 19 heavy (non-hydrogen) atoms. The molecular formula is C14H17NO3S. The lowest BCUT2D eigenvalue weighted by Crippen LogP contribution is -2.34. The van der Waals surface area contributed by atoms with Crippen molar-refractivity contribution < 1.29 is 14.3 Å². The summed E-state index contributed by atoms with van der Waals surface area (Å²) >= 11 is 1.50. The van der Waals surface area contributed by atoms with Crippen LogP contribution >= 0.6 is 11.8 Å². The van der Waals surface area contributed by atoms with Gasteiger partial charge < -0.3 is 14.8 Å². The molecule has 1 spiro atoms. The topological polar surface area (TPSA) is 47.6 Å². The van der Waals surface area contributed by atoms with Crippen LogP contribution in [0, 0.1) is 0 Å². The Morgan fingerprint density at radius 3 is 2.79 bits per heavy atom. The monoisotopic (exact) mass is 279 g/mol. The standard InChI is InChI=1S/C14H17NO3S/c1-19-9-13(16)15-10-4-5-11-12(8-10)18-14(17-11)6-2-3-7-14/h4-5,8H,2-3,6-7,9H2,1H3,(H,15,16). The van der Waals surface area contributed by atoms with Crippen molar-refractivity contribution in [2.24, 2.45) is 0 Å². The van der Waals surface area contributed by atoms with E-state index in [9.17, 15) is 4.79 Å². The number of rotatable bonds is 3. The first-order chi connectivity index (χ1) is 9.21. The normalized spacial score (nSPS) is 18.8. The number of carbonyl (C=O) groups excluding carboxylic acids is 1. The van der Waals surface area contributed by atoms with Crippen LogP contribution < -0.4 is 14.8 Å². The van der Waals surface area contributed by atoms with Gasteiger partial charge >= 0.3 is 0 Å². The lowest BCUT2D eigenvalue weighted by molar-refractivity contribution is -0.113. The molecule has 1 aliphatic heterocycles. The molecule has 1 aromatic carbocycles. The van der Waals surface area contributed by atoms with Gasteiger partial charge in [0.15, 0.2) is 11.5 Å². The first-order valence-corrected chi connectivity index (χ1v) is 7.91. The van der Waals surface area contributed by atoms with Gasteiger partial charge in [0.05, 0.1) is 5.75 Å². The van der Waals surface area contributed by atoms with Gasteiger partial charge in [-0.15, -0.1) is 0 Å². The molecule has 0 atom stereocenters. The van der Waals surface area contributed by atoms with Crippen molar-refractivity contribution in [3.8, 4) is 11.5 Å². The van der Waals surface area contributed by atoms with Crippen LogP contribution in [0.25, 0.3) is 0 Å². The number of carbonyl (C=O) groups is 1. The zero-order valence-corrected chi connectivity index (χ0v) is 11.7. The molecule has 1 amide bonds. The second-order valence-electron chi connectivity index (χ2n) is 4.96. The number of nitrogens with one attached hydrogen (secondary N) is 1. The second-order valence-corrected chi connectivity index (χ2v) is 5.83. The third-order valence-electron chi connectivity index (χ3n) is 3.46. The number of fused-ring (bicyclic) bond motifs is 1. The summed E-state index contributed by atoms with van der Waals surface area (Å²) in [4.78, 5) is 11.6. The van der Waals surface area contributed by atoms with Gasteiger partial charge in [-0.05, 0) is 31.2 Å². The van der Waals surface area contributed by atoms with E-state index >= 15 is 0 Å². The molecule has 3 rings (SSSR count). The van der Waals surface area contributed by atoms with Crippen LogP contribution in [0.5, 0.6) is 11.5 Å². The van der Waals surface area contributed by atoms with Gasteiger partial charge in [-0.2, -0.15) is 11.8 Å². The van der Waals surface area contributed by atoms with Crippen LogP contribution in [-0.4, -0.2) is 23.7 Å². The molecule has 1 aromatic rings. The summed E-state index contributed by atoms with van der Waals surface area (Å²) < 4.78 is 11.9. The fraction of sp³-hybridized carbons (Fsp3) is 0.500. The van der Waals surface area contributed by atoms with Crippen LogP contribution in [0.3, 0.4) is 0 Å². The van der Waals surface area contributed by atoms with E-state index in [0.717, 1.165) is 42.9 Å². The Kier molecular flexibility index (Phi) is 3.31. The third kappa shape index (κ3) is 2.52. The summed E-state index contributed by atoms with van der Waals surface area (Å²) in [6.45, 7) is 0. The maximum atomic E-state index is 11.6. The quantitative estimate of drug-likeness (QED) is 0.924. The van der Waals surface area contributed by atoms with Crippen LogP contribution in [0.15, 0.2) is 18.2 Å². The van der Waals surface area contributed by atoms with Crippen molar-refractivity contribution in [1.82, 2.24) is 0 Å². The third-order valence-corrected chi connectivity index (χ3v) is 4.01. The molecule has 0 radical (unpaired) electrons. The number of benzene rings is 1. The Morgan fingerprint density at radius 2 is 2.05 bits per heavy atom. The van der Waals surface area contributed by atoms with Crippen molar-refractivity contribution in [2.45, 2.75) is 31.5 Å². The van der Waals surface area contributed by atoms with E-state index < -0.39 is 5.79 Å². The largest absolute Gasteiger partial charge is 0.448 e. The van der Waals surface area contributed by atoms with Gasteiger partial charge in [0.2, 0.25) is 5.91 Å². The van der Waals surface area contributed by atoms with Crippen molar-refractivity contribution in [3.63, 3.8) is 0 Å². The molecule has 1 N–H and O–H groups in total. The highest BCUT2D eigenvalue weighted by Gasteiger charge is 2.44. The number of hydrogen-bond donors (Lipinski definition) is 1. The average Bonchev–Trinajstić information content (AvgIpc) is 2.96. The van der Waals surface area contributed by atoms with Gasteiger partial charge in [0, 0.05) is 24.6 Å². The number of thioether (sulfide) groups is 1. The molecule has 1 aliphatic carbocycles. The summed E-state index contributed by atoms with van der Waals surface area (Å²) in [5.41, 5.74) is 0.761. The van der Waals surface area contributed by atoms with Crippen LogP contribution in [-0.2, 0) is 4.79 Å². The zero-order chi connectivity index (χ0) is 13.3. The molecule has 1 fully saturated rings. The Labute approximate surface area is 116 Å². The summed E-state index contributed by atoms with van der Waals surface area (Å²) in [6, 6.07) is 5.58. The highest BCUT2D eigenvalue weighted by atomic mass is 32.2. The summed E-state index contributed by atoms with van der Waals surface area (Å²) in [5.74, 6) is 1.54. The van der Waals surface area contributed by atoms with E-state index in [1.165, 1.54) is 11.8 Å². The molecular weight excluding hydrogens is 262 g/mol. The lowest BCUT2D eigenvalue weighted by Gasteiger charge is -2.21. The lowest BCUT2D eigenvalue weighted by atomic mass is 10.2. The predicted molar refractivity (Wildman–Crippen MR) is 75.9 cm³/mol. The minimum Gasteiger partial charge on any atom is -0.448 e. The highest BCUT2D eigenvalue weighted by Crippen LogP contribution is 2.47. The molecule has 0 saturated heterocycles. The zero-order valence-electron chi connectivity index (χ0n) is 10.9. The second kappa shape index (κ2) is 4.96. The van der Waals surface area contributed by atoms with Crippen molar-refractivity contribution >= 4 is 23.4 Å². The van der Waals surface area contributed by atoms with E-state index in [2.05, 4.69) is 5.32 Å². The Hall–Kier alpha value is -1.36.